The third kappa shape index (κ3) is 2.44. The molecule has 0 aliphatic carbocycles. The summed E-state index contributed by atoms with van der Waals surface area (Å²) < 4.78 is 0. The van der Waals surface area contributed by atoms with Gasteiger partial charge >= 0.3 is 0 Å². The molecule has 0 radical (unpaired) electrons. The number of aryl methyl sites for hydroxylation is 1. The van der Waals surface area contributed by atoms with Crippen molar-refractivity contribution in [2.75, 3.05) is 17.2 Å². The number of primary amides is 1. The molecule has 0 atom stereocenters. The number of fused-ring (bicyclic) bond motifs is 1. The van der Waals surface area contributed by atoms with Gasteiger partial charge in [-0.1, -0.05) is 12.1 Å². The minimum atomic E-state index is -0.385. The fraction of sp³-hybridized carbons (Fsp3) is 0.235. The highest BCUT2D eigenvalue weighted by atomic mass is 16.1. The molecule has 1 aliphatic rings. The van der Waals surface area contributed by atoms with Gasteiger partial charge in [-0.2, -0.15) is 0 Å². The smallest absolute Gasteiger partial charge is 0.248 e. The van der Waals surface area contributed by atoms with Gasteiger partial charge in [-0.15, -0.1) is 0 Å². The summed E-state index contributed by atoms with van der Waals surface area (Å²) in [7, 11) is 0. The van der Waals surface area contributed by atoms with Crippen LogP contribution in [0.15, 0.2) is 36.4 Å². The molecule has 1 aliphatic heterocycles. The average Bonchev–Trinajstić information content (AvgIpc) is 2.85. The lowest BCUT2D eigenvalue weighted by Crippen LogP contribution is -2.20. The highest BCUT2D eigenvalue weighted by molar-refractivity contribution is 5.93. The first-order valence-electron chi connectivity index (χ1n) is 7.08. The summed E-state index contributed by atoms with van der Waals surface area (Å²) in [5.41, 5.74) is 17.5. The first-order chi connectivity index (χ1) is 10.1. The number of carbonyl (C=O) groups is 1. The molecule has 108 valence electrons. The molecule has 0 fully saturated rings. The molecule has 4 N–H and O–H groups in total. The minimum Gasteiger partial charge on any atom is -0.398 e. The molecule has 1 heterocycles. The van der Waals surface area contributed by atoms with E-state index in [1.54, 1.807) is 6.07 Å². The third-order valence-electron chi connectivity index (χ3n) is 4.15. The Labute approximate surface area is 124 Å². The Morgan fingerprint density at radius 1 is 1.29 bits per heavy atom. The lowest BCUT2D eigenvalue weighted by Gasteiger charge is -2.21. The van der Waals surface area contributed by atoms with Crippen molar-refractivity contribution < 1.29 is 4.79 Å². The summed E-state index contributed by atoms with van der Waals surface area (Å²) in [5.74, 6) is -0.385. The van der Waals surface area contributed by atoms with Crippen molar-refractivity contribution in [1.82, 2.24) is 0 Å². The summed E-state index contributed by atoms with van der Waals surface area (Å²) in [6.45, 7) is 3.81. The first kappa shape index (κ1) is 13.5. The van der Waals surface area contributed by atoms with Crippen LogP contribution < -0.4 is 16.4 Å². The number of nitrogens with zero attached hydrogens (tertiary/aromatic N) is 1. The minimum absolute atomic E-state index is 0.385. The van der Waals surface area contributed by atoms with Gasteiger partial charge in [0.1, 0.15) is 0 Å². The van der Waals surface area contributed by atoms with Crippen LogP contribution in [0.2, 0.25) is 0 Å². The Morgan fingerprint density at radius 3 is 2.81 bits per heavy atom. The Kier molecular flexibility index (Phi) is 3.29. The predicted molar refractivity (Wildman–Crippen MR) is 85.3 cm³/mol. The van der Waals surface area contributed by atoms with E-state index >= 15 is 0 Å². The van der Waals surface area contributed by atoms with Crippen molar-refractivity contribution in [3.05, 3.63) is 58.7 Å². The largest absolute Gasteiger partial charge is 0.398 e. The molecule has 0 spiro atoms. The molecule has 0 saturated heterocycles. The van der Waals surface area contributed by atoms with Gasteiger partial charge in [0.15, 0.2) is 0 Å². The molecule has 2 aromatic carbocycles. The molecular formula is C17H19N3O. The first-order valence-corrected chi connectivity index (χ1v) is 7.08. The van der Waals surface area contributed by atoms with E-state index in [4.69, 9.17) is 11.5 Å². The Bertz CT molecular complexity index is 709. The van der Waals surface area contributed by atoms with Gasteiger partial charge in [0.25, 0.3) is 0 Å². The number of carbonyl (C=O) groups excluding carboxylic acids is 1. The topological polar surface area (TPSA) is 72.4 Å². The van der Waals surface area contributed by atoms with Crippen molar-refractivity contribution in [1.29, 1.82) is 0 Å². The van der Waals surface area contributed by atoms with E-state index in [0.717, 1.165) is 30.8 Å². The van der Waals surface area contributed by atoms with Crippen LogP contribution in [0.5, 0.6) is 0 Å². The molecule has 21 heavy (non-hydrogen) atoms. The van der Waals surface area contributed by atoms with Crippen LogP contribution in [0.3, 0.4) is 0 Å². The monoisotopic (exact) mass is 281 g/mol. The van der Waals surface area contributed by atoms with Gasteiger partial charge in [0, 0.05) is 35.6 Å². The zero-order valence-electron chi connectivity index (χ0n) is 12.1. The number of nitrogens with two attached hydrogens (primary N) is 2. The van der Waals surface area contributed by atoms with Gasteiger partial charge in [-0.05, 0) is 48.7 Å². The molecule has 0 saturated carbocycles. The quantitative estimate of drug-likeness (QED) is 0.847. The highest BCUT2D eigenvalue weighted by Crippen LogP contribution is 2.33. The standard InChI is InChI=1S/C17H19N3O/c1-11-9-12(17(19)21)5-6-13(11)10-20-8-7-14-15(18)3-2-4-16(14)20/h2-6,9H,7-8,10,18H2,1H3,(H2,19,21). The second-order valence-electron chi connectivity index (χ2n) is 5.52. The predicted octanol–water partition coefficient (Wildman–Crippen LogP) is 2.24. The molecular weight excluding hydrogens is 262 g/mol. The number of amides is 1. The highest BCUT2D eigenvalue weighted by Gasteiger charge is 2.21. The van der Waals surface area contributed by atoms with E-state index in [1.807, 2.05) is 31.2 Å². The summed E-state index contributed by atoms with van der Waals surface area (Å²) in [6, 6.07) is 11.7. The van der Waals surface area contributed by atoms with Crippen molar-refractivity contribution in [2.45, 2.75) is 19.9 Å². The molecule has 3 rings (SSSR count). The van der Waals surface area contributed by atoms with E-state index in [9.17, 15) is 4.79 Å². The zero-order valence-corrected chi connectivity index (χ0v) is 12.1. The lowest BCUT2D eigenvalue weighted by molar-refractivity contribution is 0.1000. The van der Waals surface area contributed by atoms with Crippen molar-refractivity contribution >= 4 is 17.3 Å². The van der Waals surface area contributed by atoms with Gasteiger partial charge in [-0.25, -0.2) is 0 Å². The third-order valence-corrected chi connectivity index (χ3v) is 4.15. The van der Waals surface area contributed by atoms with E-state index in [1.165, 1.54) is 16.8 Å². The second-order valence-corrected chi connectivity index (χ2v) is 5.52. The number of nitrogen functional groups attached to an aromatic ring is 1. The molecule has 0 bridgehead atoms. The molecule has 0 unspecified atom stereocenters. The molecule has 1 amide bonds. The second kappa shape index (κ2) is 5.13. The van der Waals surface area contributed by atoms with E-state index < -0.39 is 0 Å². The average molecular weight is 281 g/mol. The number of anilines is 2. The van der Waals surface area contributed by atoms with Gasteiger partial charge < -0.3 is 16.4 Å². The maximum absolute atomic E-state index is 11.2. The normalized spacial score (nSPS) is 13.3. The molecule has 4 nitrogen and oxygen atoms in total. The summed E-state index contributed by atoms with van der Waals surface area (Å²) in [6.07, 6.45) is 0.987. The Hall–Kier alpha value is -2.49. The van der Waals surface area contributed by atoms with Crippen molar-refractivity contribution in [3.63, 3.8) is 0 Å². The molecule has 4 heteroatoms. The van der Waals surface area contributed by atoms with Crippen molar-refractivity contribution in [2.24, 2.45) is 5.73 Å². The van der Waals surface area contributed by atoms with Gasteiger partial charge in [-0.3, -0.25) is 4.79 Å². The Morgan fingerprint density at radius 2 is 2.10 bits per heavy atom. The van der Waals surface area contributed by atoms with E-state index in [-0.39, 0.29) is 5.91 Å². The molecule has 2 aromatic rings. The summed E-state index contributed by atoms with van der Waals surface area (Å²) in [4.78, 5) is 13.5. The van der Waals surface area contributed by atoms with Gasteiger partial charge in [0.05, 0.1) is 0 Å². The van der Waals surface area contributed by atoms with Crippen LogP contribution in [0, 0.1) is 6.92 Å². The van der Waals surface area contributed by atoms with Crippen LogP contribution in [0.25, 0.3) is 0 Å². The summed E-state index contributed by atoms with van der Waals surface area (Å²) >= 11 is 0. The van der Waals surface area contributed by atoms with Crippen molar-refractivity contribution in [3.8, 4) is 0 Å². The fourth-order valence-electron chi connectivity index (χ4n) is 2.92. The number of hydrogen-bond donors (Lipinski definition) is 2. The summed E-state index contributed by atoms with van der Waals surface area (Å²) in [5, 5.41) is 0. The SMILES string of the molecule is Cc1cc(C(N)=O)ccc1CN1CCc2c(N)cccc21. The van der Waals surface area contributed by atoms with Crippen LogP contribution in [0.4, 0.5) is 11.4 Å². The maximum Gasteiger partial charge on any atom is 0.248 e. The van der Waals surface area contributed by atoms with Crippen LogP contribution in [0.1, 0.15) is 27.0 Å². The van der Waals surface area contributed by atoms with Crippen LogP contribution >= 0.6 is 0 Å². The van der Waals surface area contributed by atoms with E-state index in [0.29, 0.717) is 5.56 Å². The lowest BCUT2D eigenvalue weighted by atomic mass is 10.0. The Balaban J connectivity index is 1.86. The zero-order chi connectivity index (χ0) is 15.0. The van der Waals surface area contributed by atoms with Crippen LogP contribution in [-0.4, -0.2) is 12.5 Å². The van der Waals surface area contributed by atoms with Gasteiger partial charge in [0.2, 0.25) is 5.91 Å². The number of hydrogen-bond acceptors (Lipinski definition) is 3. The maximum atomic E-state index is 11.2. The molecule has 0 aromatic heterocycles. The fourth-order valence-corrected chi connectivity index (χ4v) is 2.92. The number of benzene rings is 2. The van der Waals surface area contributed by atoms with Crippen LogP contribution in [-0.2, 0) is 13.0 Å². The number of rotatable bonds is 3. The van der Waals surface area contributed by atoms with E-state index in [2.05, 4.69) is 11.0 Å².